The molecule has 2 rings (SSSR count). The molecule has 0 radical (unpaired) electrons. The summed E-state index contributed by atoms with van der Waals surface area (Å²) in [5.41, 5.74) is 0.700. The Morgan fingerprint density at radius 2 is 2.28 bits per heavy atom. The van der Waals surface area contributed by atoms with E-state index in [-0.39, 0.29) is 12.1 Å². The first-order chi connectivity index (χ1) is 8.61. The Kier molecular flexibility index (Phi) is 3.05. The predicted molar refractivity (Wildman–Crippen MR) is 63.3 cm³/mol. The van der Waals surface area contributed by atoms with Crippen molar-refractivity contribution in [2.75, 3.05) is 10.3 Å². The molecular formula is C11H9N3O4. The first kappa shape index (κ1) is 11.8. The number of aliphatic carboxylic acids is 1. The molecule has 1 aromatic rings. The molecule has 1 heterocycles. The molecule has 0 spiro atoms. The van der Waals surface area contributed by atoms with Crippen LogP contribution in [-0.4, -0.2) is 29.1 Å². The fraction of sp³-hybridized carbons (Fsp3) is 0.0909. The number of rotatable bonds is 4. The molecule has 0 atom stereocenters. The lowest BCUT2D eigenvalue weighted by atomic mass is 10.2. The minimum Gasteiger partial charge on any atom is -0.477 e. The highest BCUT2D eigenvalue weighted by molar-refractivity contribution is 6.42. The van der Waals surface area contributed by atoms with Crippen LogP contribution in [0, 0.1) is 0 Å². The van der Waals surface area contributed by atoms with E-state index in [0.717, 1.165) is 5.01 Å². The highest BCUT2D eigenvalue weighted by atomic mass is 16.4. The van der Waals surface area contributed by atoms with Gasteiger partial charge in [-0.05, 0) is 18.2 Å². The number of anilines is 2. The summed E-state index contributed by atoms with van der Waals surface area (Å²) in [5, 5.41) is 15.9. The SMILES string of the molecule is O=CNc1cccc(N2N=C(C(=O)O)CC2=O)c1. The smallest absolute Gasteiger partial charge is 0.352 e. The molecule has 0 saturated heterocycles. The number of amides is 2. The molecule has 0 fully saturated rings. The molecule has 0 bridgehead atoms. The average Bonchev–Trinajstić information content (AvgIpc) is 2.72. The zero-order valence-corrected chi connectivity index (χ0v) is 9.16. The van der Waals surface area contributed by atoms with Gasteiger partial charge in [-0.3, -0.25) is 9.59 Å². The van der Waals surface area contributed by atoms with Gasteiger partial charge in [0.1, 0.15) is 0 Å². The quantitative estimate of drug-likeness (QED) is 0.753. The van der Waals surface area contributed by atoms with Crippen molar-refractivity contribution in [1.29, 1.82) is 0 Å². The molecule has 1 aliphatic rings. The summed E-state index contributed by atoms with van der Waals surface area (Å²) in [7, 11) is 0. The predicted octanol–water partition coefficient (Wildman–Crippen LogP) is 0.432. The second-order valence-electron chi connectivity index (χ2n) is 3.55. The largest absolute Gasteiger partial charge is 0.477 e. The van der Waals surface area contributed by atoms with E-state index < -0.39 is 11.9 Å². The van der Waals surface area contributed by atoms with Crippen LogP contribution in [0.15, 0.2) is 29.4 Å². The van der Waals surface area contributed by atoms with E-state index in [1.165, 1.54) is 6.07 Å². The van der Waals surface area contributed by atoms with Crippen LogP contribution < -0.4 is 10.3 Å². The number of benzene rings is 1. The minimum absolute atomic E-state index is 0.200. The first-order valence-corrected chi connectivity index (χ1v) is 5.06. The number of carboxylic acids is 1. The van der Waals surface area contributed by atoms with Crippen molar-refractivity contribution in [3.63, 3.8) is 0 Å². The molecule has 7 heteroatoms. The Morgan fingerprint density at radius 1 is 1.50 bits per heavy atom. The molecule has 7 nitrogen and oxygen atoms in total. The molecule has 92 valence electrons. The van der Waals surface area contributed by atoms with E-state index in [4.69, 9.17) is 5.11 Å². The van der Waals surface area contributed by atoms with E-state index in [0.29, 0.717) is 17.8 Å². The number of nitrogens with one attached hydrogen (secondary N) is 1. The van der Waals surface area contributed by atoms with E-state index >= 15 is 0 Å². The molecular weight excluding hydrogens is 238 g/mol. The maximum absolute atomic E-state index is 11.6. The second kappa shape index (κ2) is 4.66. The van der Waals surface area contributed by atoms with Gasteiger partial charge >= 0.3 is 5.97 Å². The summed E-state index contributed by atoms with van der Waals surface area (Å²) < 4.78 is 0. The molecule has 0 aliphatic carbocycles. The topological polar surface area (TPSA) is 99.1 Å². The fourth-order valence-corrected chi connectivity index (χ4v) is 1.55. The van der Waals surface area contributed by atoms with Gasteiger partial charge in [0.05, 0.1) is 12.1 Å². The zero-order chi connectivity index (χ0) is 13.1. The monoisotopic (exact) mass is 247 g/mol. The van der Waals surface area contributed by atoms with Crippen LogP contribution >= 0.6 is 0 Å². The van der Waals surface area contributed by atoms with Crippen molar-refractivity contribution in [2.45, 2.75) is 6.42 Å². The number of hydrogen-bond donors (Lipinski definition) is 2. The lowest BCUT2D eigenvalue weighted by Crippen LogP contribution is -2.19. The maximum Gasteiger partial charge on any atom is 0.352 e. The third-order valence-corrected chi connectivity index (χ3v) is 2.34. The van der Waals surface area contributed by atoms with Crippen LogP contribution in [-0.2, 0) is 14.4 Å². The molecule has 2 amide bonds. The van der Waals surface area contributed by atoms with Crippen molar-refractivity contribution in [3.05, 3.63) is 24.3 Å². The summed E-state index contributed by atoms with van der Waals surface area (Å²) in [4.78, 5) is 32.7. The van der Waals surface area contributed by atoms with Crippen LogP contribution in [0.5, 0.6) is 0 Å². The summed E-state index contributed by atoms with van der Waals surface area (Å²) >= 11 is 0. The van der Waals surface area contributed by atoms with Gasteiger partial charge in [-0.1, -0.05) is 6.07 Å². The van der Waals surface area contributed by atoms with Crippen LogP contribution in [0.3, 0.4) is 0 Å². The highest BCUT2D eigenvalue weighted by Gasteiger charge is 2.29. The molecule has 2 N–H and O–H groups in total. The van der Waals surface area contributed by atoms with Gasteiger partial charge in [-0.15, -0.1) is 0 Å². The molecule has 1 aliphatic heterocycles. The van der Waals surface area contributed by atoms with E-state index in [1.807, 2.05) is 0 Å². The molecule has 1 aromatic carbocycles. The van der Waals surface area contributed by atoms with E-state index in [2.05, 4.69) is 10.4 Å². The third kappa shape index (κ3) is 2.19. The molecule has 0 aromatic heterocycles. The van der Waals surface area contributed by atoms with Gasteiger partial charge in [0.2, 0.25) is 6.41 Å². The van der Waals surface area contributed by atoms with Gasteiger partial charge < -0.3 is 10.4 Å². The van der Waals surface area contributed by atoms with Crippen LogP contribution in [0.4, 0.5) is 11.4 Å². The van der Waals surface area contributed by atoms with Gasteiger partial charge in [-0.2, -0.15) is 10.1 Å². The van der Waals surface area contributed by atoms with E-state index in [1.54, 1.807) is 18.2 Å². The van der Waals surface area contributed by atoms with Crippen molar-refractivity contribution in [1.82, 2.24) is 0 Å². The summed E-state index contributed by atoms with van der Waals surface area (Å²) in [6.07, 6.45) is 0.275. The normalized spacial score (nSPS) is 14.3. The number of nitrogens with zero attached hydrogens (tertiary/aromatic N) is 2. The third-order valence-electron chi connectivity index (χ3n) is 2.34. The zero-order valence-electron chi connectivity index (χ0n) is 9.16. The molecule has 0 saturated carbocycles. The van der Waals surface area contributed by atoms with Gasteiger partial charge in [0, 0.05) is 5.69 Å². The number of carboxylic acid groups (broad SMARTS) is 1. The summed E-state index contributed by atoms with van der Waals surface area (Å²) in [6, 6.07) is 6.39. The Morgan fingerprint density at radius 3 is 2.89 bits per heavy atom. The van der Waals surface area contributed by atoms with Gasteiger partial charge in [0.15, 0.2) is 5.71 Å². The number of carbonyl (C=O) groups excluding carboxylic acids is 2. The Balaban J connectivity index is 2.31. The number of hydrogen-bond acceptors (Lipinski definition) is 4. The lowest BCUT2D eigenvalue weighted by Gasteiger charge is -2.12. The van der Waals surface area contributed by atoms with Crippen LogP contribution in [0.2, 0.25) is 0 Å². The molecule has 18 heavy (non-hydrogen) atoms. The number of carbonyl (C=O) groups is 3. The average molecular weight is 247 g/mol. The van der Waals surface area contributed by atoms with Crippen molar-refractivity contribution < 1.29 is 19.5 Å². The van der Waals surface area contributed by atoms with Gasteiger partial charge in [0.25, 0.3) is 5.91 Å². The van der Waals surface area contributed by atoms with Crippen molar-refractivity contribution >= 4 is 35.4 Å². The Labute approximate surface area is 102 Å². The maximum atomic E-state index is 11.6. The lowest BCUT2D eigenvalue weighted by molar-refractivity contribution is -0.129. The van der Waals surface area contributed by atoms with Crippen molar-refractivity contribution in [3.8, 4) is 0 Å². The Hall–Kier alpha value is -2.70. The second-order valence-corrected chi connectivity index (χ2v) is 3.55. The van der Waals surface area contributed by atoms with Gasteiger partial charge in [-0.25, -0.2) is 4.79 Å². The minimum atomic E-state index is -1.21. The number of hydrazone groups is 1. The fourth-order valence-electron chi connectivity index (χ4n) is 1.55. The van der Waals surface area contributed by atoms with Crippen LogP contribution in [0.1, 0.15) is 6.42 Å². The highest BCUT2D eigenvalue weighted by Crippen LogP contribution is 2.23. The first-order valence-electron chi connectivity index (χ1n) is 5.06. The van der Waals surface area contributed by atoms with Crippen molar-refractivity contribution in [2.24, 2.45) is 5.10 Å². The Bertz CT molecular complexity index is 553. The standard InChI is InChI=1S/C11H9N3O4/c15-6-12-7-2-1-3-8(4-7)14-10(16)5-9(13-14)11(17)18/h1-4,6H,5H2,(H,12,15)(H,17,18). The molecule has 0 unspecified atom stereocenters. The summed E-state index contributed by atoms with van der Waals surface area (Å²) in [6.45, 7) is 0. The summed E-state index contributed by atoms with van der Waals surface area (Å²) in [5.74, 6) is -1.64. The van der Waals surface area contributed by atoms with Crippen LogP contribution in [0.25, 0.3) is 0 Å². The van der Waals surface area contributed by atoms with E-state index in [9.17, 15) is 14.4 Å².